The van der Waals surface area contributed by atoms with Gasteiger partial charge in [0.2, 0.25) is 0 Å². The lowest BCUT2D eigenvalue weighted by atomic mass is 9.91. The number of rotatable bonds is 4. The van der Waals surface area contributed by atoms with E-state index in [0.29, 0.717) is 17.5 Å². The second-order valence-corrected chi connectivity index (χ2v) is 5.78. The van der Waals surface area contributed by atoms with Crippen LogP contribution in [0.5, 0.6) is 0 Å². The maximum atomic E-state index is 12.8. The molecule has 2 heterocycles. The number of nitriles is 1. The summed E-state index contributed by atoms with van der Waals surface area (Å²) in [6.45, 7) is 1.92. The number of carbonyl (C=O) groups is 2. The van der Waals surface area contributed by atoms with Crippen molar-refractivity contribution in [1.82, 2.24) is 15.2 Å². The van der Waals surface area contributed by atoms with E-state index in [1.165, 1.54) is 4.90 Å². The largest absolute Gasteiger partial charge is 0.325 e. The van der Waals surface area contributed by atoms with E-state index in [1.54, 1.807) is 37.4 Å². The van der Waals surface area contributed by atoms with Crippen LogP contribution in [-0.2, 0) is 16.8 Å². The van der Waals surface area contributed by atoms with Crippen molar-refractivity contribution in [2.45, 2.75) is 18.9 Å². The quantitative estimate of drug-likeness (QED) is 0.873. The van der Waals surface area contributed by atoms with Crippen LogP contribution in [0.4, 0.5) is 4.79 Å². The average Bonchev–Trinajstić information content (AvgIpc) is 2.84. The van der Waals surface area contributed by atoms with Crippen molar-refractivity contribution in [3.8, 4) is 6.07 Å². The molecule has 1 aromatic carbocycles. The van der Waals surface area contributed by atoms with Crippen molar-refractivity contribution < 1.29 is 9.59 Å². The molecule has 6 heteroatoms. The van der Waals surface area contributed by atoms with E-state index in [-0.39, 0.29) is 12.5 Å². The predicted octanol–water partition coefficient (Wildman–Crippen LogP) is 1.96. The highest BCUT2D eigenvalue weighted by molar-refractivity contribution is 6.07. The third-order valence-electron chi connectivity index (χ3n) is 4.16. The van der Waals surface area contributed by atoms with E-state index >= 15 is 0 Å². The zero-order valence-corrected chi connectivity index (χ0v) is 13.2. The molecule has 6 nitrogen and oxygen atoms in total. The number of aromatic nitrogens is 1. The molecule has 1 aliphatic rings. The molecule has 3 amide bonds. The lowest BCUT2D eigenvalue weighted by Gasteiger charge is -2.22. The van der Waals surface area contributed by atoms with Crippen LogP contribution in [0.1, 0.15) is 23.7 Å². The molecule has 1 N–H and O–H groups in total. The lowest BCUT2D eigenvalue weighted by Crippen LogP contribution is -2.41. The van der Waals surface area contributed by atoms with Crippen LogP contribution >= 0.6 is 0 Å². The number of nitrogens with one attached hydrogen (secondary N) is 1. The first kappa shape index (κ1) is 15.7. The zero-order chi connectivity index (χ0) is 17.2. The van der Waals surface area contributed by atoms with Crippen LogP contribution in [0.25, 0.3) is 0 Å². The Bertz CT molecular complexity index is 828. The van der Waals surface area contributed by atoms with E-state index in [0.717, 1.165) is 5.69 Å². The third-order valence-corrected chi connectivity index (χ3v) is 4.16. The van der Waals surface area contributed by atoms with Gasteiger partial charge in [-0.3, -0.25) is 14.7 Å². The van der Waals surface area contributed by atoms with Crippen molar-refractivity contribution in [1.29, 1.82) is 5.26 Å². The summed E-state index contributed by atoms with van der Waals surface area (Å²) in [7, 11) is 0. The summed E-state index contributed by atoms with van der Waals surface area (Å²) in [5.74, 6) is -0.321. The third kappa shape index (κ3) is 2.72. The Morgan fingerprint density at radius 3 is 2.79 bits per heavy atom. The van der Waals surface area contributed by atoms with E-state index in [9.17, 15) is 9.59 Å². The second kappa shape index (κ2) is 6.13. The number of nitrogens with zero attached hydrogens (tertiary/aromatic N) is 3. The molecule has 1 aliphatic heterocycles. The van der Waals surface area contributed by atoms with E-state index in [4.69, 9.17) is 5.26 Å². The molecule has 0 radical (unpaired) electrons. The lowest BCUT2D eigenvalue weighted by molar-refractivity contribution is -0.131. The minimum Gasteiger partial charge on any atom is -0.319 e. The SMILES string of the molecule is C[C@]1(c2cccc(C#N)c2)NC(=O)N(CCc2ccccn2)C1=O. The van der Waals surface area contributed by atoms with Gasteiger partial charge in [0.25, 0.3) is 5.91 Å². The highest BCUT2D eigenvalue weighted by Crippen LogP contribution is 2.29. The molecule has 1 saturated heterocycles. The first-order chi connectivity index (χ1) is 11.5. The minimum absolute atomic E-state index is 0.259. The second-order valence-electron chi connectivity index (χ2n) is 5.78. The molecule has 2 aromatic rings. The van der Waals surface area contributed by atoms with Gasteiger partial charge >= 0.3 is 6.03 Å². The van der Waals surface area contributed by atoms with Crippen molar-refractivity contribution in [2.24, 2.45) is 0 Å². The number of urea groups is 1. The van der Waals surface area contributed by atoms with Crippen LogP contribution in [-0.4, -0.2) is 28.4 Å². The van der Waals surface area contributed by atoms with Crippen LogP contribution in [0.3, 0.4) is 0 Å². The summed E-state index contributed by atoms with van der Waals surface area (Å²) in [4.78, 5) is 30.5. The summed E-state index contributed by atoms with van der Waals surface area (Å²) >= 11 is 0. The molecule has 120 valence electrons. The van der Waals surface area contributed by atoms with E-state index < -0.39 is 11.6 Å². The molecule has 0 bridgehead atoms. The summed E-state index contributed by atoms with van der Waals surface area (Å²) in [5.41, 5.74) is 0.703. The number of carbonyl (C=O) groups excluding carboxylic acids is 2. The molecule has 0 aliphatic carbocycles. The number of pyridine rings is 1. The molecule has 1 atom stereocenters. The van der Waals surface area contributed by atoms with Gasteiger partial charge in [0.15, 0.2) is 0 Å². The molecule has 0 spiro atoms. The van der Waals surface area contributed by atoms with Crippen molar-refractivity contribution >= 4 is 11.9 Å². The fraction of sp³-hybridized carbons (Fsp3) is 0.222. The molecule has 0 unspecified atom stereocenters. The van der Waals surface area contributed by atoms with Gasteiger partial charge in [0.05, 0.1) is 11.6 Å². The molecular weight excluding hydrogens is 304 g/mol. The fourth-order valence-electron chi connectivity index (χ4n) is 2.77. The molecule has 3 rings (SSSR count). The maximum Gasteiger partial charge on any atom is 0.325 e. The van der Waals surface area contributed by atoms with Crippen molar-refractivity contribution in [2.75, 3.05) is 6.54 Å². The van der Waals surface area contributed by atoms with Gasteiger partial charge in [-0.05, 0) is 36.8 Å². The smallest absolute Gasteiger partial charge is 0.319 e. The Morgan fingerprint density at radius 1 is 1.25 bits per heavy atom. The van der Waals surface area contributed by atoms with Gasteiger partial charge in [-0.1, -0.05) is 18.2 Å². The molecule has 1 aromatic heterocycles. The van der Waals surface area contributed by atoms with E-state index in [2.05, 4.69) is 10.3 Å². The number of imide groups is 1. The number of hydrogen-bond donors (Lipinski definition) is 1. The Hall–Kier alpha value is -3.20. The van der Waals surface area contributed by atoms with Crippen molar-refractivity contribution in [3.63, 3.8) is 0 Å². The summed E-state index contributed by atoms with van der Waals surface area (Å²) in [5, 5.41) is 11.8. The normalized spacial score (nSPS) is 19.9. The Kier molecular flexibility index (Phi) is 4.00. The molecular formula is C18H16N4O2. The molecule has 1 fully saturated rings. The first-order valence-electron chi connectivity index (χ1n) is 7.59. The highest BCUT2D eigenvalue weighted by atomic mass is 16.2. The summed E-state index contributed by atoms with van der Waals surface area (Å²) in [6.07, 6.45) is 2.17. The van der Waals surface area contributed by atoms with Gasteiger partial charge in [-0.15, -0.1) is 0 Å². The summed E-state index contributed by atoms with van der Waals surface area (Å²) < 4.78 is 0. The van der Waals surface area contributed by atoms with Crippen molar-refractivity contribution in [3.05, 3.63) is 65.5 Å². The van der Waals surface area contributed by atoms with E-state index in [1.807, 2.05) is 24.3 Å². The highest BCUT2D eigenvalue weighted by Gasteiger charge is 2.48. The Labute approximate surface area is 139 Å². The van der Waals surface area contributed by atoms with Gasteiger partial charge in [-0.2, -0.15) is 5.26 Å². The number of hydrogen-bond acceptors (Lipinski definition) is 4. The van der Waals surface area contributed by atoms with Crippen LogP contribution in [0.15, 0.2) is 48.7 Å². The van der Waals surface area contributed by atoms with Crippen LogP contribution < -0.4 is 5.32 Å². The average molecular weight is 320 g/mol. The standard InChI is InChI=1S/C18H16N4O2/c1-18(14-6-4-5-13(11-14)12-19)16(23)22(17(24)21-18)10-8-15-7-2-3-9-20-15/h2-7,9,11H,8,10H2,1H3,(H,21,24)/t18-/m1/s1. The minimum atomic E-state index is -1.16. The molecule has 0 saturated carbocycles. The number of benzene rings is 1. The predicted molar refractivity (Wildman–Crippen MR) is 86.7 cm³/mol. The summed E-state index contributed by atoms with van der Waals surface area (Å²) in [6, 6.07) is 13.9. The van der Waals surface area contributed by atoms with Gasteiger partial charge in [-0.25, -0.2) is 4.79 Å². The van der Waals surface area contributed by atoms with Gasteiger partial charge in [0.1, 0.15) is 5.54 Å². The monoisotopic (exact) mass is 320 g/mol. The van der Waals surface area contributed by atoms with Gasteiger partial charge < -0.3 is 5.32 Å². The van der Waals surface area contributed by atoms with Crippen LogP contribution in [0.2, 0.25) is 0 Å². The van der Waals surface area contributed by atoms with Crippen LogP contribution in [0, 0.1) is 11.3 Å². The maximum absolute atomic E-state index is 12.8. The van der Waals surface area contributed by atoms with Gasteiger partial charge in [0, 0.05) is 24.9 Å². The molecule has 24 heavy (non-hydrogen) atoms. The fourth-order valence-corrected chi connectivity index (χ4v) is 2.77. The number of amides is 3. The Morgan fingerprint density at radius 2 is 2.08 bits per heavy atom. The Balaban J connectivity index is 1.81. The first-order valence-corrected chi connectivity index (χ1v) is 7.59. The zero-order valence-electron chi connectivity index (χ0n) is 13.2. The topological polar surface area (TPSA) is 86.1 Å².